The monoisotopic (exact) mass is 247 g/mol. The Morgan fingerprint density at radius 3 is 2.39 bits per heavy atom. The minimum Gasteiger partial charge on any atom is -0.271 e. The lowest BCUT2D eigenvalue weighted by atomic mass is 9.73. The molecule has 18 heavy (non-hydrogen) atoms. The fourth-order valence-electron chi connectivity index (χ4n) is 3.45. The third-order valence-corrected chi connectivity index (χ3v) is 4.16. The van der Waals surface area contributed by atoms with Crippen LogP contribution in [-0.4, -0.2) is 4.98 Å². The van der Waals surface area contributed by atoms with E-state index < -0.39 is 0 Å². The number of pyridine rings is 1. The fourth-order valence-corrected chi connectivity index (χ4v) is 3.45. The van der Waals surface area contributed by atoms with Gasteiger partial charge in [0.05, 0.1) is 6.04 Å². The van der Waals surface area contributed by atoms with Crippen molar-refractivity contribution < 1.29 is 0 Å². The molecular weight excluding hydrogens is 222 g/mol. The Morgan fingerprint density at radius 1 is 1.22 bits per heavy atom. The lowest BCUT2D eigenvalue weighted by Crippen LogP contribution is -2.37. The summed E-state index contributed by atoms with van der Waals surface area (Å²) < 4.78 is 0. The zero-order valence-electron chi connectivity index (χ0n) is 11.7. The fraction of sp³-hybridized carbons (Fsp3) is 0.667. The molecule has 1 heterocycles. The van der Waals surface area contributed by atoms with E-state index in [0.29, 0.717) is 5.92 Å². The highest BCUT2D eigenvalue weighted by Gasteiger charge is 2.30. The highest BCUT2D eigenvalue weighted by atomic mass is 15.2. The van der Waals surface area contributed by atoms with Gasteiger partial charge in [0.15, 0.2) is 0 Å². The Labute approximate surface area is 110 Å². The molecule has 0 bridgehead atoms. The molecule has 1 aliphatic rings. The molecule has 3 heteroatoms. The summed E-state index contributed by atoms with van der Waals surface area (Å²) in [5.74, 6) is 8.01. The summed E-state index contributed by atoms with van der Waals surface area (Å²) in [6.07, 6.45) is 5.82. The molecule has 0 spiro atoms. The van der Waals surface area contributed by atoms with Crippen molar-refractivity contribution in [1.29, 1.82) is 0 Å². The zero-order valence-corrected chi connectivity index (χ0v) is 11.7. The third kappa shape index (κ3) is 3.09. The first-order chi connectivity index (χ1) is 8.60. The average molecular weight is 247 g/mol. The maximum absolute atomic E-state index is 5.79. The van der Waals surface area contributed by atoms with Crippen molar-refractivity contribution in [3.05, 3.63) is 29.6 Å². The van der Waals surface area contributed by atoms with Gasteiger partial charge in [-0.2, -0.15) is 0 Å². The van der Waals surface area contributed by atoms with Gasteiger partial charge < -0.3 is 0 Å². The predicted molar refractivity (Wildman–Crippen MR) is 74.7 cm³/mol. The van der Waals surface area contributed by atoms with Gasteiger partial charge in [0.1, 0.15) is 0 Å². The summed E-state index contributed by atoms with van der Waals surface area (Å²) in [5, 5.41) is 0. The van der Waals surface area contributed by atoms with E-state index in [1.165, 1.54) is 24.8 Å². The number of hydrogen-bond donors (Lipinski definition) is 2. The maximum Gasteiger partial charge on any atom is 0.0503 e. The summed E-state index contributed by atoms with van der Waals surface area (Å²) in [6.45, 7) is 6.71. The number of aryl methyl sites for hydroxylation is 1. The number of nitrogens with one attached hydrogen (secondary N) is 1. The quantitative estimate of drug-likeness (QED) is 0.638. The molecule has 1 saturated carbocycles. The van der Waals surface area contributed by atoms with Gasteiger partial charge in [-0.1, -0.05) is 19.9 Å². The van der Waals surface area contributed by atoms with E-state index in [1.807, 2.05) is 13.1 Å². The molecule has 1 aromatic heterocycles. The van der Waals surface area contributed by atoms with Crippen LogP contribution in [0, 0.1) is 24.7 Å². The molecule has 0 aliphatic heterocycles. The second-order valence-electron chi connectivity index (χ2n) is 6.05. The first-order valence-electron chi connectivity index (χ1n) is 6.98. The van der Waals surface area contributed by atoms with Gasteiger partial charge in [-0.05, 0) is 55.6 Å². The molecule has 0 radical (unpaired) electrons. The number of nitrogens with two attached hydrogens (primary N) is 1. The summed E-state index contributed by atoms with van der Waals surface area (Å²) in [6, 6.07) is 4.45. The van der Waals surface area contributed by atoms with Crippen LogP contribution in [-0.2, 0) is 0 Å². The molecule has 0 saturated heterocycles. The first-order valence-corrected chi connectivity index (χ1v) is 6.98. The lowest BCUT2D eigenvalue weighted by molar-refractivity contribution is 0.177. The van der Waals surface area contributed by atoms with Gasteiger partial charge in [0, 0.05) is 11.9 Å². The Balaban J connectivity index is 2.14. The molecule has 3 unspecified atom stereocenters. The van der Waals surface area contributed by atoms with Gasteiger partial charge in [-0.3, -0.25) is 16.3 Å². The summed E-state index contributed by atoms with van der Waals surface area (Å²) in [5.41, 5.74) is 5.28. The number of rotatable bonds is 3. The molecule has 0 aromatic carbocycles. The van der Waals surface area contributed by atoms with Crippen molar-refractivity contribution >= 4 is 0 Å². The van der Waals surface area contributed by atoms with Crippen LogP contribution in [0.5, 0.6) is 0 Å². The Hall–Kier alpha value is -0.930. The van der Waals surface area contributed by atoms with E-state index in [2.05, 4.69) is 36.4 Å². The van der Waals surface area contributed by atoms with Crippen molar-refractivity contribution in [3.8, 4) is 0 Å². The van der Waals surface area contributed by atoms with Crippen LogP contribution in [0.2, 0.25) is 0 Å². The third-order valence-electron chi connectivity index (χ3n) is 4.16. The van der Waals surface area contributed by atoms with E-state index >= 15 is 0 Å². The van der Waals surface area contributed by atoms with E-state index in [1.54, 1.807) is 0 Å². The largest absolute Gasteiger partial charge is 0.271 e. The summed E-state index contributed by atoms with van der Waals surface area (Å²) in [4.78, 5) is 4.39. The second kappa shape index (κ2) is 5.81. The van der Waals surface area contributed by atoms with E-state index in [9.17, 15) is 0 Å². The van der Waals surface area contributed by atoms with Crippen molar-refractivity contribution in [2.75, 3.05) is 0 Å². The van der Waals surface area contributed by atoms with Crippen molar-refractivity contribution in [1.82, 2.24) is 10.4 Å². The smallest absolute Gasteiger partial charge is 0.0503 e. The topological polar surface area (TPSA) is 50.9 Å². The highest BCUT2D eigenvalue weighted by Crippen LogP contribution is 2.39. The molecule has 1 aliphatic carbocycles. The Bertz CT molecular complexity index is 364. The van der Waals surface area contributed by atoms with Crippen LogP contribution >= 0.6 is 0 Å². The molecule has 1 fully saturated rings. The number of aromatic nitrogens is 1. The minimum atomic E-state index is 0.239. The van der Waals surface area contributed by atoms with Crippen LogP contribution in [0.3, 0.4) is 0 Å². The number of hydrogen-bond acceptors (Lipinski definition) is 3. The zero-order chi connectivity index (χ0) is 13.1. The first kappa shape index (κ1) is 13.5. The van der Waals surface area contributed by atoms with Gasteiger partial charge in [-0.25, -0.2) is 0 Å². The molecule has 2 rings (SSSR count). The van der Waals surface area contributed by atoms with Crippen LogP contribution in [0.1, 0.15) is 50.4 Å². The predicted octanol–water partition coefficient (Wildman–Crippen LogP) is 2.97. The van der Waals surface area contributed by atoms with E-state index in [0.717, 1.165) is 17.5 Å². The molecule has 0 amide bonds. The standard InChI is InChI=1S/C15H25N3/c1-10-6-11(2)8-14(7-10)15(18-16)13-5-4-12(3)17-9-13/h4-5,9-11,14-15,18H,6-8,16H2,1-3H3. The van der Waals surface area contributed by atoms with Crippen LogP contribution < -0.4 is 11.3 Å². The molecule has 100 valence electrons. The van der Waals surface area contributed by atoms with Gasteiger partial charge in [-0.15, -0.1) is 0 Å². The van der Waals surface area contributed by atoms with Crippen molar-refractivity contribution in [2.45, 2.75) is 46.1 Å². The van der Waals surface area contributed by atoms with Gasteiger partial charge in [0.25, 0.3) is 0 Å². The number of nitrogens with zero attached hydrogens (tertiary/aromatic N) is 1. The maximum atomic E-state index is 5.79. The second-order valence-corrected chi connectivity index (χ2v) is 6.05. The molecule has 1 aromatic rings. The molecule has 3 N–H and O–H groups in total. The highest BCUT2D eigenvalue weighted by molar-refractivity contribution is 5.18. The van der Waals surface area contributed by atoms with Crippen molar-refractivity contribution in [2.24, 2.45) is 23.6 Å². The van der Waals surface area contributed by atoms with Crippen LogP contribution in [0.4, 0.5) is 0 Å². The van der Waals surface area contributed by atoms with Crippen LogP contribution in [0.25, 0.3) is 0 Å². The minimum absolute atomic E-state index is 0.239. The lowest BCUT2D eigenvalue weighted by Gasteiger charge is -2.36. The van der Waals surface area contributed by atoms with E-state index in [-0.39, 0.29) is 6.04 Å². The van der Waals surface area contributed by atoms with Crippen LogP contribution in [0.15, 0.2) is 18.3 Å². The Morgan fingerprint density at radius 2 is 1.89 bits per heavy atom. The molecule has 3 nitrogen and oxygen atoms in total. The SMILES string of the molecule is Cc1ccc(C(NN)C2CC(C)CC(C)C2)cn1. The number of hydrazine groups is 1. The summed E-state index contributed by atoms with van der Waals surface area (Å²) >= 11 is 0. The normalized spacial score (nSPS) is 30.1. The summed E-state index contributed by atoms with van der Waals surface area (Å²) in [7, 11) is 0. The average Bonchev–Trinajstić information content (AvgIpc) is 2.31. The van der Waals surface area contributed by atoms with E-state index in [4.69, 9.17) is 5.84 Å². The van der Waals surface area contributed by atoms with Gasteiger partial charge >= 0.3 is 0 Å². The van der Waals surface area contributed by atoms with Crippen molar-refractivity contribution in [3.63, 3.8) is 0 Å². The molecule has 3 atom stereocenters. The van der Waals surface area contributed by atoms with Gasteiger partial charge in [0.2, 0.25) is 0 Å². The Kier molecular flexibility index (Phi) is 4.36. The molecular formula is C15H25N3.